The van der Waals surface area contributed by atoms with Crippen LogP contribution < -0.4 is 14.4 Å². The average Bonchev–Trinajstić information content (AvgIpc) is 3.76. The number of methoxy groups -OCH3 is 1. The highest BCUT2D eigenvalue weighted by Gasteiger charge is 2.50. The topological polar surface area (TPSA) is 113 Å². The highest BCUT2D eigenvalue weighted by Crippen LogP contribution is 2.45. The first kappa shape index (κ1) is 37.1. The molecule has 4 aliphatic heterocycles. The van der Waals surface area contributed by atoms with E-state index in [0.29, 0.717) is 54.0 Å². The number of rotatable bonds is 8. The van der Waals surface area contributed by atoms with Gasteiger partial charge in [0.2, 0.25) is 0 Å². The molecule has 0 N–H and O–H groups in total. The molecule has 11 nitrogen and oxygen atoms in total. The molecule has 3 aromatic carbocycles. The molecule has 4 atom stereocenters. The molecule has 4 saturated heterocycles. The predicted octanol–water partition coefficient (Wildman–Crippen LogP) is 7.43. The molecule has 0 aliphatic carbocycles. The van der Waals surface area contributed by atoms with E-state index in [0.717, 1.165) is 32.2 Å². The minimum Gasteiger partial charge on any atom is -0.468 e. The summed E-state index contributed by atoms with van der Waals surface area (Å²) in [6.45, 7) is 9.08. The van der Waals surface area contributed by atoms with E-state index in [1.807, 2.05) is 25.7 Å². The molecule has 1 amide bonds. The van der Waals surface area contributed by atoms with E-state index in [1.165, 1.54) is 19.2 Å². The Balaban J connectivity index is 1.29. The van der Waals surface area contributed by atoms with Crippen LogP contribution in [-0.2, 0) is 9.47 Å². The van der Waals surface area contributed by atoms with Gasteiger partial charge in [-0.05, 0) is 89.1 Å². The van der Waals surface area contributed by atoms with Gasteiger partial charge in [-0.1, -0.05) is 12.1 Å². The van der Waals surface area contributed by atoms with Crippen LogP contribution in [0.15, 0.2) is 30.3 Å². The number of hydrogen-bond acceptors (Lipinski definition) is 10. The van der Waals surface area contributed by atoms with Crippen LogP contribution in [0, 0.1) is 29.9 Å². The van der Waals surface area contributed by atoms with Gasteiger partial charge in [-0.25, -0.2) is 18.0 Å². The fourth-order valence-corrected chi connectivity index (χ4v) is 9.26. The van der Waals surface area contributed by atoms with Gasteiger partial charge < -0.3 is 23.8 Å². The Hall–Kier alpha value is -4.87. The van der Waals surface area contributed by atoms with Gasteiger partial charge in [0.1, 0.15) is 47.4 Å². The van der Waals surface area contributed by atoms with Crippen molar-refractivity contribution in [2.45, 2.75) is 89.2 Å². The number of carbonyl (C=O) groups excluding carboxylic acids is 1. The van der Waals surface area contributed by atoms with Gasteiger partial charge in [0, 0.05) is 49.7 Å². The SMILES string of the molecule is COCOc1cc(-c2c(C#N)c(C)c3c(N4CC5CCC(C4)N5C(=O)OC(C)(C)C)nc(OC[C@@]45CCCN4C[C@H](F)C5)nc3c2F)c2c(F)cccc2c1. The minimum atomic E-state index is -0.973. The number of amides is 1. The number of benzene rings is 3. The number of halogens is 3. The van der Waals surface area contributed by atoms with Gasteiger partial charge in [-0.3, -0.25) is 9.80 Å². The molecule has 0 radical (unpaired) electrons. The number of carbonyl (C=O) groups is 1. The monoisotopic (exact) mass is 758 g/mol. The zero-order valence-electron chi connectivity index (χ0n) is 31.8. The number of anilines is 1. The van der Waals surface area contributed by atoms with Crippen LogP contribution in [0.3, 0.4) is 0 Å². The van der Waals surface area contributed by atoms with E-state index < -0.39 is 28.9 Å². The Morgan fingerprint density at radius 2 is 1.84 bits per heavy atom. The van der Waals surface area contributed by atoms with Crippen LogP contribution in [0.1, 0.15) is 64.0 Å². The number of aryl methyl sites for hydroxylation is 1. The Bertz CT molecular complexity index is 2210. The van der Waals surface area contributed by atoms with Crippen molar-refractivity contribution in [1.82, 2.24) is 19.8 Å². The van der Waals surface area contributed by atoms with Crippen molar-refractivity contribution in [3.8, 4) is 29.0 Å². The Labute approximate surface area is 317 Å². The van der Waals surface area contributed by atoms with Crippen LogP contribution in [0.2, 0.25) is 0 Å². The maximum Gasteiger partial charge on any atom is 0.410 e. The van der Waals surface area contributed by atoms with E-state index in [9.17, 15) is 14.4 Å². The fourth-order valence-electron chi connectivity index (χ4n) is 9.26. The third-order valence-corrected chi connectivity index (χ3v) is 11.5. The molecule has 5 heterocycles. The Kier molecular flexibility index (Phi) is 9.44. The summed E-state index contributed by atoms with van der Waals surface area (Å²) in [7, 11) is 1.47. The Morgan fingerprint density at radius 3 is 2.55 bits per heavy atom. The second-order valence-electron chi connectivity index (χ2n) is 16.3. The lowest BCUT2D eigenvalue weighted by molar-refractivity contribution is 0.0122. The van der Waals surface area contributed by atoms with Gasteiger partial charge in [-0.15, -0.1) is 0 Å². The molecule has 4 aliphatic rings. The minimum absolute atomic E-state index is 0.00671. The molecule has 4 aromatic rings. The molecular formula is C41H45F3N6O5. The van der Waals surface area contributed by atoms with Crippen LogP contribution in [-0.4, -0.2) is 102 Å². The maximum absolute atomic E-state index is 17.6. The molecule has 1 aromatic heterocycles. The lowest BCUT2D eigenvalue weighted by Gasteiger charge is -2.42. The first-order valence-corrected chi connectivity index (χ1v) is 18.9. The lowest BCUT2D eigenvalue weighted by atomic mass is 9.89. The number of nitrogens with zero attached hydrogens (tertiary/aromatic N) is 6. The van der Waals surface area contributed by atoms with Gasteiger partial charge in [0.15, 0.2) is 12.6 Å². The van der Waals surface area contributed by atoms with Gasteiger partial charge in [-0.2, -0.15) is 15.2 Å². The second kappa shape index (κ2) is 14.0. The van der Waals surface area contributed by atoms with E-state index in [1.54, 1.807) is 30.0 Å². The number of fused-ring (bicyclic) bond motifs is 5. The largest absolute Gasteiger partial charge is 0.468 e. The summed E-state index contributed by atoms with van der Waals surface area (Å²) in [5, 5.41) is 11.6. The van der Waals surface area contributed by atoms with Crippen LogP contribution >= 0.6 is 0 Å². The lowest BCUT2D eigenvalue weighted by Crippen LogP contribution is -2.57. The first-order chi connectivity index (χ1) is 26.3. The quantitative estimate of drug-likeness (QED) is 0.168. The standard InChI is InChI=1S/C41H45F3N6O5/c1-23-30(17-45)34(29-15-28(54-22-52-5)14-24-8-6-9-31(43)33(24)29)35(44)36-32(23)37(47-38(46-36)53-21-41-12-7-13-49(41)18-25(42)16-41)48-19-26-10-11-27(20-48)50(26)39(51)55-40(2,3)4/h6,8-9,14-15,25-27H,7,10-13,16,18-22H2,1-5H3/t25-,26?,27?,41+/m1/s1. The van der Waals surface area contributed by atoms with Crippen molar-refractivity contribution in [2.75, 3.05) is 51.6 Å². The third-order valence-electron chi connectivity index (χ3n) is 11.5. The summed E-state index contributed by atoms with van der Waals surface area (Å²) in [4.78, 5) is 28.8. The van der Waals surface area contributed by atoms with Gasteiger partial charge in [0.05, 0.1) is 28.6 Å². The van der Waals surface area contributed by atoms with E-state index in [4.69, 9.17) is 23.9 Å². The van der Waals surface area contributed by atoms with Crippen molar-refractivity contribution >= 4 is 33.6 Å². The van der Waals surface area contributed by atoms with Crippen LogP contribution in [0.5, 0.6) is 11.8 Å². The number of hydrogen-bond donors (Lipinski definition) is 0. The second-order valence-corrected chi connectivity index (χ2v) is 16.3. The summed E-state index contributed by atoms with van der Waals surface area (Å²) in [5.74, 6) is -0.783. The van der Waals surface area contributed by atoms with Crippen LogP contribution in [0.25, 0.3) is 32.8 Å². The van der Waals surface area contributed by atoms with Crippen molar-refractivity contribution in [1.29, 1.82) is 5.26 Å². The summed E-state index contributed by atoms with van der Waals surface area (Å²) in [6.07, 6.45) is 2.14. The normalized spacial score (nSPS) is 23.7. The van der Waals surface area contributed by atoms with Crippen molar-refractivity contribution in [3.63, 3.8) is 0 Å². The average molecular weight is 759 g/mol. The number of nitriles is 1. The first-order valence-electron chi connectivity index (χ1n) is 18.9. The van der Waals surface area contributed by atoms with Gasteiger partial charge in [0.25, 0.3) is 0 Å². The number of piperazine rings is 1. The third kappa shape index (κ3) is 6.54. The molecule has 290 valence electrons. The molecule has 55 heavy (non-hydrogen) atoms. The summed E-state index contributed by atoms with van der Waals surface area (Å²) in [5.41, 5.74) is -0.895. The van der Waals surface area contributed by atoms with E-state index >= 15 is 8.78 Å². The number of alkyl halides is 1. The van der Waals surface area contributed by atoms with Crippen molar-refractivity contribution in [3.05, 3.63) is 53.1 Å². The fraction of sp³-hybridized carbons (Fsp3) is 0.512. The molecule has 0 spiro atoms. The highest BCUT2D eigenvalue weighted by atomic mass is 19.1. The summed E-state index contributed by atoms with van der Waals surface area (Å²) >= 11 is 0. The zero-order valence-corrected chi connectivity index (χ0v) is 31.8. The van der Waals surface area contributed by atoms with Crippen molar-refractivity contribution in [2.24, 2.45) is 0 Å². The molecule has 4 fully saturated rings. The predicted molar refractivity (Wildman–Crippen MR) is 200 cm³/mol. The van der Waals surface area contributed by atoms with Gasteiger partial charge >= 0.3 is 12.1 Å². The molecule has 2 bridgehead atoms. The molecular weight excluding hydrogens is 713 g/mol. The van der Waals surface area contributed by atoms with E-state index in [-0.39, 0.29) is 65.2 Å². The highest BCUT2D eigenvalue weighted by molar-refractivity contribution is 6.05. The molecule has 14 heteroatoms. The molecule has 0 saturated carbocycles. The number of aromatic nitrogens is 2. The Morgan fingerprint density at radius 1 is 1.07 bits per heavy atom. The van der Waals surface area contributed by atoms with Crippen LogP contribution in [0.4, 0.5) is 23.8 Å². The molecule has 2 unspecified atom stereocenters. The molecule has 8 rings (SSSR count). The smallest absolute Gasteiger partial charge is 0.410 e. The van der Waals surface area contributed by atoms with Crippen molar-refractivity contribution < 1.29 is 36.9 Å². The maximum atomic E-state index is 17.6. The zero-order chi connectivity index (χ0) is 38.8. The summed E-state index contributed by atoms with van der Waals surface area (Å²) in [6, 6.07) is 9.39. The van der Waals surface area contributed by atoms with E-state index in [2.05, 4.69) is 16.0 Å². The number of ether oxygens (including phenoxy) is 4. The summed E-state index contributed by atoms with van der Waals surface area (Å²) < 4.78 is 71.0.